The molecule has 1 unspecified atom stereocenters. The predicted molar refractivity (Wildman–Crippen MR) is 111 cm³/mol. The summed E-state index contributed by atoms with van der Waals surface area (Å²) in [6.07, 6.45) is 2.81. The molecule has 3 N–H and O–H groups in total. The van der Waals surface area contributed by atoms with Crippen LogP contribution in [0.5, 0.6) is 0 Å². The molecule has 0 aliphatic carbocycles. The number of carbonyl (C=O) groups is 1. The number of piperidine rings is 1. The molecule has 1 aromatic rings. The van der Waals surface area contributed by atoms with Gasteiger partial charge in [-0.15, -0.1) is 0 Å². The number of nitrogens with zero attached hydrogens (tertiary/aromatic N) is 2. The highest BCUT2D eigenvalue weighted by molar-refractivity contribution is 5.92. The van der Waals surface area contributed by atoms with Gasteiger partial charge in [0.1, 0.15) is 5.60 Å². The van der Waals surface area contributed by atoms with Crippen molar-refractivity contribution in [3.05, 3.63) is 29.3 Å². The molecule has 6 nitrogen and oxygen atoms in total. The number of anilines is 1. The molecular weight excluding hydrogens is 340 g/mol. The van der Waals surface area contributed by atoms with Gasteiger partial charge in [0.05, 0.1) is 0 Å². The van der Waals surface area contributed by atoms with Gasteiger partial charge >= 0.3 is 6.09 Å². The summed E-state index contributed by atoms with van der Waals surface area (Å²) in [5, 5.41) is 3.16. The van der Waals surface area contributed by atoms with E-state index in [1.807, 2.05) is 25.7 Å². The number of hydrogen-bond acceptors (Lipinski definition) is 3. The number of rotatable bonds is 4. The average Bonchev–Trinajstić information content (AvgIpc) is 2.52. The number of nitrogens with two attached hydrogens (primary N) is 1. The summed E-state index contributed by atoms with van der Waals surface area (Å²) in [6.45, 7) is 12.0. The number of nitrogens with one attached hydrogen (secondary N) is 1. The molecule has 150 valence electrons. The molecule has 1 aliphatic heterocycles. The first-order chi connectivity index (χ1) is 12.6. The summed E-state index contributed by atoms with van der Waals surface area (Å²) in [4.78, 5) is 18.5. The maximum atomic E-state index is 12.2. The summed E-state index contributed by atoms with van der Waals surface area (Å²) in [7, 11) is 0. The second-order valence-electron chi connectivity index (χ2n) is 8.49. The second-order valence-corrected chi connectivity index (χ2v) is 8.49. The van der Waals surface area contributed by atoms with Gasteiger partial charge in [0, 0.05) is 25.3 Å². The number of benzene rings is 1. The maximum Gasteiger partial charge on any atom is 0.410 e. The molecule has 0 bridgehead atoms. The lowest BCUT2D eigenvalue weighted by molar-refractivity contribution is 0.0163. The first kappa shape index (κ1) is 21.1. The monoisotopic (exact) mass is 374 g/mol. The van der Waals surface area contributed by atoms with Gasteiger partial charge in [-0.3, -0.25) is 4.99 Å². The topological polar surface area (TPSA) is 80.0 Å². The molecule has 0 saturated carbocycles. The molecule has 0 radical (unpaired) electrons. The minimum atomic E-state index is -0.456. The van der Waals surface area contributed by atoms with Crippen molar-refractivity contribution in [3.8, 4) is 0 Å². The van der Waals surface area contributed by atoms with Crippen LogP contribution in [0.2, 0.25) is 0 Å². The number of carbonyl (C=O) groups excluding carboxylic acids is 1. The van der Waals surface area contributed by atoms with Crippen molar-refractivity contribution in [3.63, 3.8) is 0 Å². The molecule has 1 aliphatic rings. The van der Waals surface area contributed by atoms with Crippen molar-refractivity contribution in [1.29, 1.82) is 0 Å². The molecule has 1 heterocycles. The zero-order chi connectivity index (χ0) is 20.0. The van der Waals surface area contributed by atoms with Crippen LogP contribution >= 0.6 is 0 Å². The Morgan fingerprint density at radius 1 is 1.30 bits per heavy atom. The van der Waals surface area contributed by atoms with Crippen molar-refractivity contribution in [2.75, 3.05) is 25.0 Å². The average molecular weight is 375 g/mol. The predicted octanol–water partition coefficient (Wildman–Crippen LogP) is 4.07. The highest BCUT2D eigenvalue weighted by Gasteiger charge is 2.27. The third kappa shape index (κ3) is 7.49. The first-order valence-corrected chi connectivity index (χ1v) is 9.75. The molecule has 2 rings (SSSR count). The Balaban J connectivity index is 1.81. The normalized spacial score (nSPS) is 18.3. The van der Waals surface area contributed by atoms with Crippen molar-refractivity contribution in [2.24, 2.45) is 16.6 Å². The smallest absolute Gasteiger partial charge is 0.410 e. The summed E-state index contributed by atoms with van der Waals surface area (Å²) in [5.41, 5.74) is 8.90. The van der Waals surface area contributed by atoms with Gasteiger partial charge in [0.2, 0.25) is 0 Å². The minimum Gasteiger partial charge on any atom is -0.444 e. The van der Waals surface area contributed by atoms with Crippen molar-refractivity contribution < 1.29 is 9.53 Å². The van der Waals surface area contributed by atoms with Crippen LogP contribution in [0.3, 0.4) is 0 Å². The molecular formula is C21H34N4O2. The second kappa shape index (κ2) is 9.11. The third-order valence-electron chi connectivity index (χ3n) is 4.48. The molecule has 1 fully saturated rings. The van der Waals surface area contributed by atoms with E-state index in [4.69, 9.17) is 10.5 Å². The van der Waals surface area contributed by atoms with Gasteiger partial charge in [-0.05, 0) is 83.1 Å². The quantitative estimate of drug-likeness (QED) is 0.615. The number of hydrogen-bond donors (Lipinski definition) is 2. The molecule has 27 heavy (non-hydrogen) atoms. The van der Waals surface area contributed by atoms with E-state index in [2.05, 4.69) is 42.4 Å². The van der Waals surface area contributed by atoms with Gasteiger partial charge < -0.3 is 20.7 Å². The van der Waals surface area contributed by atoms with Crippen LogP contribution in [-0.4, -0.2) is 42.2 Å². The Hall–Kier alpha value is -2.24. The fourth-order valence-corrected chi connectivity index (χ4v) is 3.39. The fraction of sp³-hybridized carbons (Fsp3) is 0.619. The molecule has 1 aromatic carbocycles. The van der Waals surface area contributed by atoms with Crippen molar-refractivity contribution in [1.82, 2.24) is 4.90 Å². The number of aryl methyl sites for hydroxylation is 2. The summed E-state index contributed by atoms with van der Waals surface area (Å²) in [6, 6.07) is 6.22. The lowest BCUT2D eigenvalue weighted by Gasteiger charge is -2.34. The lowest BCUT2D eigenvalue weighted by Crippen LogP contribution is -2.43. The number of aliphatic imine (C=N–C) groups is 1. The Kier molecular flexibility index (Phi) is 7.11. The minimum absolute atomic E-state index is 0.216. The van der Waals surface area contributed by atoms with E-state index in [-0.39, 0.29) is 6.09 Å². The van der Waals surface area contributed by atoms with Crippen LogP contribution < -0.4 is 11.1 Å². The zero-order valence-electron chi connectivity index (χ0n) is 17.3. The van der Waals surface area contributed by atoms with Crippen LogP contribution in [-0.2, 0) is 4.74 Å². The van der Waals surface area contributed by atoms with Crippen LogP contribution in [0.4, 0.5) is 10.5 Å². The number of likely N-dealkylation sites (tertiary alicyclic amines) is 1. The van der Waals surface area contributed by atoms with Crippen LogP contribution in [0.1, 0.15) is 51.2 Å². The highest BCUT2D eigenvalue weighted by atomic mass is 16.6. The van der Waals surface area contributed by atoms with E-state index in [9.17, 15) is 4.79 Å². The molecule has 0 aromatic heterocycles. The number of amides is 1. The van der Waals surface area contributed by atoms with E-state index in [1.54, 1.807) is 0 Å². The summed E-state index contributed by atoms with van der Waals surface area (Å²) >= 11 is 0. The molecule has 1 atom stereocenters. The number of guanidine groups is 1. The van der Waals surface area contributed by atoms with E-state index in [1.165, 1.54) is 11.1 Å². The molecule has 1 amide bonds. The van der Waals surface area contributed by atoms with Crippen LogP contribution in [0, 0.1) is 19.8 Å². The Bertz CT molecular complexity index is 659. The SMILES string of the molecule is Cc1cc(C)cc(NC(N)=NCCC2CCCN(C(=O)OC(C)(C)C)C2)c1. The molecule has 6 heteroatoms. The highest BCUT2D eigenvalue weighted by Crippen LogP contribution is 2.22. The van der Waals surface area contributed by atoms with Crippen molar-refractivity contribution in [2.45, 2.75) is 59.5 Å². The number of ether oxygens (including phenoxy) is 1. The Labute approximate surface area is 163 Å². The van der Waals surface area contributed by atoms with E-state index in [0.29, 0.717) is 18.4 Å². The molecule has 1 saturated heterocycles. The first-order valence-electron chi connectivity index (χ1n) is 9.75. The van der Waals surface area contributed by atoms with Crippen LogP contribution in [0.15, 0.2) is 23.2 Å². The third-order valence-corrected chi connectivity index (χ3v) is 4.48. The summed E-state index contributed by atoms with van der Waals surface area (Å²) in [5.74, 6) is 0.865. The standard InChI is InChI=1S/C21H34N4O2/c1-15-11-16(2)13-18(12-15)24-19(22)23-9-8-17-7-6-10-25(14-17)20(26)27-21(3,4)5/h11-13,17H,6-10,14H2,1-5H3,(H3,22,23,24). The van der Waals surface area contributed by atoms with Crippen LogP contribution in [0.25, 0.3) is 0 Å². The van der Waals surface area contributed by atoms with E-state index < -0.39 is 5.60 Å². The Morgan fingerprint density at radius 2 is 1.96 bits per heavy atom. The maximum absolute atomic E-state index is 12.2. The zero-order valence-corrected chi connectivity index (χ0v) is 17.3. The largest absolute Gasteiger partial charge is 0.444 e. The molecule has 0 spiro atoms. The van der Waals surface area contributed by atoms with Crippen molar-refractivity contribution >= 4 is 17.7 Å². The van der Waals surface area contributed by atoms with E-state index >= 15 is 0 Å². The summed E-state index contributed by atoms with van der Waals surface area (Å²) < 4.78 is 5.48. The lowest BCUT2D eigenvalue weighted by atomic mass is 9.95. The van der Waals surface area contributed by atoms with Gasteiger partial charge in [-0.25, -0.2) is 4.79 Å². The van der Waals surface area contributed by atoms with Gasteiger partial charge in [0.25, 0.3) is 0 Å². The van der Waals surface area contributed by atoms with Gasteiger partial charge in [-0.2, -0.15) is 0 Å². The fourth-order valence-electron chi connectivity index (χ4n) is 3.39. The van der Waals surface area contributed by atoms with E-state index in [0.717, 1.165) is 38.0 Å². The van der Waals surface area contributed by atoms with Gasteiger partial charge in [0.15, 0.2) is 5.96 Å². The van der Waals surface area contributed by atoms with Gasteiger partial charge in [-0.1, -0.05) is 6.07 Å². The Morgan fingerprint density at radius 3 is 2.59 bits per heavy atom.